The van der Waals surface area contributed by atoms with E-state index in [0.29, 0.717) is 11.6 Å². The number of urea groups is 1. The van der Waals surface area contributed by atoms with Gasteiger partial charge in [0, 0.05) is 0 Å². The lowest BCUT2D eigenvalue weighted by Gasteiger charge is -2.33. The smallest absolute Gasteiger partial charge is 0.319 e. The van der Waals surface area contributed by atoms with Crippen LogP contribution < -0.4 is 10.6 Å². The van der Waals surface area contributed by atoms with Gasteiger partial charge >= 0.3 is 6.03 Å². The Hall–Kier alpha value is -3.26. The monoisotopic (exact) mass is 406 g/mol. The van der Waals surface area contributed by atoms with Gasteiger partial charge in [-0.1, -0.05) is 47.7 Å². The molecule has 0 unspecified atom stereocenters. The molecule has 7 nitrogen and oxygen atoms in total. The third kappa shape index (κ3) is 2.87. The minimum absolute atomic E-state index is 0.343. The number of benzene rings is 2. The maximum absolute atomic E-state index is 13.2. The molecule has 0 radical (unpaired) electrons. The molecule has 4 amide bonds. The van der Waals surface area contributed by atoms with Crippen LogP contribution in [0.15, 0.2) is 48.5 Å². The average molecular weight is 406 g/mol. The number of hydrogen-bond acceptors (Lipinski definition) is 5. The fraction of sp³-hybridized carbons (Fsp3) is 0.238. The first-order chi connectivity index (χ1) is 14.1. The van der Waals surface area contributed by atoms with Crippen LogP contribution in [0, 0.1) is 0 Å². The zero-order valence-electron chi connectivity index (χ0n) is 15.5. The van der Waals surface area contributed by atoms with E-state index in [2.05, 4.69) is 15.6 Å². The topological polar surface area (TPSA) is 91.4 Å². The molecule has 29 heavy (non-hydrogen) atoms. The number of carbonyl (C=O) groups is 3. The Morgan fingerprint density at radius 1 is 1.17 bits per heavy atom. The molecular formula is C21H18N4O3S. The molecule has 2 aromatic carbocycles. The normalized spacial score (nSPS) is 20.8. The van der Waals surface area contributed by atoms with Crippen molar-refractivity contribution in [3.05, 3.63) is 59.7 Å². The maximum atomic E-state index is 13.2. The van der Waals surface area contributed by atoms with Crippen LogP contribution in [0.3, 0.4) is 0 Å². The van der Waals surface area contributed by atoms with Crippen molar-refractivity contribution in [2.45, 2.75) is 24.8 Å². The Labute approximate surface area is 170 Å². The van der Waals surface area contributed by atoms with Crippen LogP contribution >= 0.6 is 11.3 Å². The highest BCUT2D eigenvalue weighted by Crippen LogP contribution is 2.39. The van der Waals surface area contributed by atoms with Crippen molar-refractivity contribution in [1.29, 1.82) is 0 Å². The number of carbonyl (C=O) groups excluding carboxylic acids is 3. The molecule has 0 bridgehead atoms. The van der Waals surface area contributed by atoms with Gasteiger partial charge in [0.25, 0.3) is 5.91 Å². The molecule has 8 heteroatoms. The van der Waals surface area contributed by atoms with E-state index in [9.17, 15) is 14.4 Å². The number of anilines is 1. The molecule has 1 aliphatic carbocycles. The second-order valence-corrected chi connectivity index (χ2v) is 8.30. The molecule has 0 saturated carbocycles. The molecule has 1 aliphatic heterocycles. The first kappa shape index (κ1) is 17.8. The second kappa shape index (κ2) is 6.66. The summed E-state index contributed by atoms with van der Waals surface area (Å²) in [4.78, 5) is 43.7. The van der Waals surface area contributed by atoms with Crippen molar-refractivity contribution in [2.24, 2.45) is 0 Å². The Balaban J connectivity index is 1.36. The van der Waals surface area contributed by atoms with Crippen LogP contribution in [0.1, 0.15) is 24.0 Å². The van der Waals surface area contributed by atoms with E-state index >= 15 is 0 Å². The van der Waals surface area contributed by atoms with Crippen molar-refractivity contribution < 1.29 is 14.4 Å². The number of aryl methyl sites for hydroxylation is 1. The van der Waals surface area contributed by atoms with Gasteiger partial charge in [-0.2, -0.15) is 0 Å². The quantitative estimate of drug-likeness (QED) is 0.654. The van der Waals surface area contributed by atoms with E-state index in [4.69, 9.17) is 0 Å². The van der Waals surface area contributed by atoms with Gasteiger partial charge in [0.2, 0.25) is 5.91 Å². The van der Waals surface area contributed by atoms with Crippen molar-refractivity contribution in [2.75, 3.05) is 11.9 Å². The Morgan fingerprint density at radius 3 is 2.83 bits per heavy atom. The lowest BCUT2D eigenvalue weighted by molar-refractivity contribution is -0.134. The van der Waals surface area contributed by atoms with E-state index in [0.717, 1.165) is 39.1 Å². The van der Waals surface area contributed by atoms with E-state index in [-0.39, 0.29) is 12.5 Å². The molecular weight excluding hydrogens is 388 g/mol. The van der Waals surface area contributed by atoms with Crippen molar-refractivity contribution in [3.63, 3.8) is 0 Å². The van der Waals surface area contributed by atoms with Gasteiger partial charge in [-0.25, -0.2) is 9.78 Å². The zero-order chi connectivity index (χ0) is 20.0. The van der Waals surface area contributed by atoms with Crippen molar-refractivity contribution in [3.8, 4) is 0 Å². The van der Waals surface area contributed by atoms with E-state index in [1.54, 1.807) is 0 Å². The van der Waals surface area contributed by atoms with Crippen LogP contribution in [0.5, 0.6) is 0 Å². The van der Waals surface area contributed by atoms with Crippen LogP contribution in [-0.2, 0) is 21.5 Å². The largest absolute Gasteiger partial charge is 0.325 e. The highest BCUT2D eigenvalue weighted by atomic mass is 32.1. The first-order valence-corrected chi connectivity index (χ1v) is 10.3. The number of nitrogens with one attached hydrogen (secondary N) is 2. The third-order valence-corrected chi connectivity index (χ3v) is 6.44. The van der Waals surface area contributed by atoms with Crippen LogP contribution in [0.25, 0.3) is 10.2 Å². The van der Waals surface area contributed by atoms with Gasteiger partial charge in [-0.05, 0) is 42.5 Å². The van der Waals surface area contributed by atoms with Crippen LogP contribution in [0.4, 0.5) is 9.93 Å². The Kier molecular flexibility index (Phi) is 4.09. The van der Waals surface area contributed by atoms with Gasteiger partial charge < -0.3 is 10.6 Å². The summed E-state index contributed by atoms with van der Waals surface area (Å²) in [5.41, 5.74) is 1.62. The number of rotatable bonds is 3. The molecule has 146 valence electrons. The molecule has 1 saturated heterocycles. The van der Waals surface area contributed by atoms with Crippen molar-refractivity contribution in [1.82, 2.24) is 15.2 Å². The fourth-order valence-corrected chi connectivity index (χ4v) is 5.07. The number of aromatic nitrogens is 1. The van der Waals surface area contributed by atoms with Gasteiger partial charge in [0.15, 0.2) is 5.13 Å². The maximum Gasteiger partial charge on any atom is 0.325 e. The molecule has 5 rings (SSSR count). The summed E-state index contributed by atoms with van der Waals surface area (Å²) < 4.78 is 0.954. The minimum atomic E-state index is -1.07. The molecule has 2 heterocycles. The molecule has 1 aromatic heterocycles. The van der Waals surface area contributed by atoms with Gasteiger partial charge in [-0.3, -0.25) is 14.5 Å². The van der Waals surface area contributed by atoms with E-state index in [1.807, 2.05) is 48.5 Å². The summed E-state index contributed by atoms with van der Waals surface area (Å²) in [6, 6.07) is 14.7. The molecule has 1 atom stereocenters. The summed E-state index contributed by atoms with van der Waals surface area (Å²) in [7, 11) is 0. The predicted molar refractivity (Wildman–Crippen MR) is 110 cm³/mol. The predicted octanol–water partition coefficient (Wildman–Crippen LogP) is 3.02. The molecule has 1 fully saturated rings. The molecule has 2 aliphatic rings. The number of fused-ring (bicyclic) bond motifs is 3. The SMILES string of the molecule is O=C(CN1C(=O)N[C@@]2(CCCc3ccccc32)C1=O)Nc1nc2ccccc2s1. The fourth-order valence-electron chi connectivity index (χ4n) is 4.18. The lowest BCUT2D eigenvalue weighted by atomic mass is 9.76. The van der Waals surface area contributed by atoms with Gasteiger partial charge in [0.1, 0.15) is 12.1 Å². The third-order valence-electron chi connectivity index (χ3n) is 5.49. The van der Waals surface area contributed by atoms with Crippen LogP contribution in [0.2, 0.25) is 0 Å². The summed E-state index contributed by atoms with van der Waals surface area (Å²) >= 11 is 1.35. The number of nitrogens with zero attached hydrogens (tertiary/aromatic N) is 2. The summed E-state index contributed by atoms with van der Waals surface area (Å²) in [6.07, 6.45) is 2.21. The minimum Gasteiger partial charge on any atom is -0.319 e. The number of para-hydroxylation sites is 1. The standard InChI is InChI=1S/C21H18N4O3S/c26-17(23-19-22-15-9-3-4-10-16(15)29-19)12-25-18(27)21(24-20(25)28)11-5-7-13-6-1-2-8-14(13)21/h1-4,6,8-10H,5,7,11-12H2,(H,24,28)(H,22,23,26)/t21-/m1/s1. The highest BCUT2D eigenvalue weighted by Gasteiger charge is 2.54. The number of hydrogen-bond donors (Lipinski definition) is 2. The van der Waals surface area contributed by atoms with Gasteiger partial charge in [-0.15, -0.1) is 0 Å². The van der Waals surface area contributed by atoms with E-state index < -0.39 is 17.5 Å². The Morgan fingerprint density at radius 2 is 1.97 bits per heavy atom. The Bertz CT molecular complexity index is 1120. The summed E-state index contributed by atoms with van der Waals surface area (Å²) in [6.45, 7) is -0.343. The molecule has 3 aromatic rings. The lowest BCUT2D eigenvalue weighted by Crippen LogP contribution is -2.47. The summed E-state index contributed by atoms with van der Waals surface area (Å²) in [5, 5.41) is 6.01. The average Bonchev–Trinajstić information content (AvgIpc) is 3.22. The first-order valence-electron chi connectivity index (χ1n) is 9.45. The van der Waals surface area contributed by atoms with Crippen molar-refractivity contribution >= 4 is 44.5 Å². The number of thiazole rings is 1. The second-order valence-electron chi connectivity index (χ2n) is 7.27. The number of imide groups is 1. The highest BCUT2D eigenvalue weighted by molar-refractivity contribution is 7.22. The number of amides is 4. The molecule has 2 N–H and O–H groups in total. The van der Waals surface area contributed by atoms with Crippen LogP contribution in [-0.4, -0.2) is 34.3 Å². The molecule has 1 spiro atoms. The summed E-state index contributed by atoms with van der Waals surface area (Å²) in [5.74, 6) is -0.817. The zero-order valence-corrected chi connectivity index (χ0v) is 16.3. The van der Waals surface area contributed by atoms with E-state index in [1.165, 1.54) is 11.3 Å². The van der Waals surface area contributed by atoms with Gasteiger partial charge in [0.05, 0.1) is 10.2 Å².